The summed E-state index contributed by atoms with van der Waals surface area (Å²) >= 11 is 0. The number of para-hydroxylation sites is 1. The van der Waals surface area contributed by atoms with E-state index < -0.39 is 0 Å². The largest absolute Gasteiger partial charge is 0.361 e. The minimum absolute atomic E-state index is 0.0901. The van der Waals surface area contributed by atoms with Gasteiger partial charge in [-0.3, -0.25) is 4.79 Å². The molecule has 0 radical (unpaired) electrons. The van der Waals surface area contributed by atoms with E-state index in [9.17, 15) is 4.79 Å². The number of aromatic nitrogens is 1. The Bertz CT molecular complexity index is 819. The number of hydrogen-bond acceptors (Lipinski definition) is 1. The van der Waals surface area contributed by atoms with Crippen molar-refractivity contribution in [3.63, 3.8) is 0 Å². The normalized spacial score (nSPS) is 14.2. The van der Waals surface area contributed by atoms with E-state index in [1.165, 1.54) is 5.56 Å². The van der Waals surface area contributed by atoms with Crippen molar-refractivity contribution in [1.29, 1.82) is 0 Å². The summed E-state index contributed by atoms with van der Waals surface area (Å²) in [4.78, 5) is 18.1. The quantitative estimate of drug-likeness (QED) is 0.721. The van der Waals surface area contributed by atoms with Crippen molar-refractivity contribution in [1.82, 2.24) is 4.98 Å². The second-order valence-corrected chi connectivity index (χ2v) is 5.43. The number of rotatable bonds is 1. The average Bonchev–Trinajstić information content (AvgIpc) is 3.02. The number of benzene rings is 2. The van der Waals surface area contributed by atoms with Gasteiger partial charge in [-0.15, -0.1) is 0 Å². The number of amides is 1. The Morgan fingerprint density at radius 3 is 2.90 bits per heavy atom. The fourth-order valence-electron chi connectivity index (χ4n) is 3.16. The molecule has 3 heteroatoms. The maximum absolute atomic E-state index is 13.0. The highest BCUT2D eigenvalue weighted by Gasteiger charge is 2.24. The molecule has 0 unspecified atom stereocenters. The molecule has 1 aromatic heterocycles. The molecule has 2 heterocycles. The van der Waals surface area contributed by atoms with Crippen LogP contribution in [0.15, 0.2) is 54.7 Å². The predicted octanol–water partition coefficient (Wildman–Crippen LogP) is 3.76. The smallest absolute Gasteiger partial charge is 0.258 e. The first-order chi connectivity index (χ1) is 10.3. The van der Waals surface area contributed by atoms with Crippen LogP contribution in [0.1, 0.15) is 22.3 Å². The highest BCUT2D eigenvalue weighted by atomic mass is 16.2. The first kappa shape index (κ1) is 12.2. The Morgan fingerprint density at radius 2 is 1.95 bits per heavy atom. The summed E-state index contributed by atoms with van der Waals surface area (Å²) in [6.45, 7) is 0.788. The highest BCUT2D eigenvalue weighted by Crippen LogP contribution is 2.29. The maximum atomic E-state index is 13.0. The fourth-order valence-corrected chi connectivity index (χ4v) is 3.16. The topological polar surface area (TPSA) is 36.1 Å². The van der Waals surface area contributed by atoms with Gasteiger partial charge in [-0.1, -0.05) is 24.3 Å². The molecular weight excluding hydrogens is 260 g/mol. The molecule has 0 saturated heterocycles. The van der Waals surface area contributed by atoms with Gasteiger partial charge in [0.1, 0.15) is 0 Å². The molecule has 0 atom stereocenters. The van der Waals surface area contributed by atoms with Crippen molar-refractivity contribution in [3.05, 3.63) is 65.9 Å². The SMILES string of the molecule is O=C(c1cccc2[nH]ccc12)N1CCCc2ccccc21. The van der Waals surface area contributed by atoms with Crippen molar-refractivity contribution in [2.45, 2.75) is 12.8 Å². The van der Waals surface area contributed by atoms with E-state index in [2.05, 4.69) is 11.1 Å². The summed E-state index contributed by atoms with van der Waals surface area (Å²) in [5.41, 5.74) is 4.09. The van der Waals surface area contributed by atoms with Gasteiger partial charge in [0, 0.05) is 34.9 Å². The summed E-state index contributed by atoms with van der Waals surface area (Å²) in [5, 5.41) is 0.991. The first-order valence-electron chi connectivity index (χ1n) is 7.30. The fraction of sp³-hybridized carbons (Fsp3) is 0.167. The zero-order chi connectivity index (χ0) is 14.2. The molecule has 1 aliphatic rings. The third-order valence-corrected chi connectivity index (χ3v) is 4.18. The summed E-state index contributed by atoms with van der Waals surface area (Å²) in [5.74, 6) is 0.0901. The van der Waals surface area contributed by atoms with Gasteiger partial charge in [-0.05, 0) is 42.7 Å². The van der Waals surface area contributed by atoms with Gasteiger partial charge in [0.15, 0.2) is 0 Å². The second kappa shape index (κ2) is 4.77. The van der Waals surface area contributed by atoms with Crippen LogP contribution >= 0.6 is 0 Å². The highest BCUT2D eigenvalue weighted by molar-refractivity contribution is 6.14. The van der Waals surface area contributed by atoms with Crippen molar-refractivity contribution in [3.8, 4) is 0 Å². The van der Waals surface area contributed by atoms with Crippen LogP contribution in [0.25, 0.3) is 10.9 Å². The molecule has 2 aromatic carbocycles. The van der Waals surface area contributed by atoms with E-state index in [-0.39, 0.29) is 5.91 Å². The minimum Gasteiger partial charge on any atom is -0.361 e. The van der Waals surface area contributed by atoms with E-state index in [1.54, 1.807) is 0 Å². The molecule has 0 saturated carbocycles. The van der Waals surface area contributed by atoms with Crippen molar-refractivity contribution >= 4 is 22.5 Å². The van der Waals surface area contributed by atoms with E-state index in [0.29, 0.717) is 0 Å². The number of aryl methyl sites for hydroxylation is 1. The molecule has 1 aliphatic heterocycles. The molecule has 0 fully saturated rings. The number of fused-ring (bicyclic) bond motifs is 2. The van der Waals surface area contributed by atoms with E-state index >= 15 is 0 Å². The lowest BCUT2D eigenvalue weighted by Crippen LogP contribution is -2.35. The Kier molecular flexibility index (Phi) is 2.78. The number of H-pyrrole nitrogens is 1. The van der Waals surface area contributed by atoms with Crippen LogP contribution in [-0.4, -0.2) is 17.4 Å². The van der Waals surface area contributed by atoms with Crippen LogP contribution in [0.5, 0.6) is 0 Å². The van der Waals surface area contributed by atoms with Gasteiger partial charge in [-0.2, -0.15) is 0 Å². The Labute approximate surface area is 123 Å². The Morgan fingerprint density at radius 1 is 1.05 bits per heavy atom. The monoisotopic (exact) mass is 276 g/mol. The van der Waals surface area contributed by atoms with Gasteiger partial charge < -0.3 is 9.88 Å². The summed E-state index contributed by atoms with van der Waals surface area (Å²) < 4.78 is 0. The van der Waals surface area contributed by atoms with Crippen molar-refractivity contribution in [2.24, 2.45) is 0 Å². The van der Waals surface area contributed by atoms with E-state index in [4.69, 9.17) is 0 Å². The van der Waals surface area contributed by atoms with Crippen LogP contribution in [0.4, 0.5) is 5.69 Å². The predicted molar refractivity (Wildman–Crippen MR) is 84.7 cm³/mol. The average molecular weight is 276 g/mol. The maximum Gasteiger partial charge on any atom is 0.258 e. The standard InChI is InChI=1S/C18H16N2O/c21-18(15-7-3-8-16-14(15)10-11-19-16)20-12-4-6-13-5-1-2-9-17(13)20/h1-3,5,7-11,19H,4,6,12H2. The first-order valence-corrected chi connectivity index (χ1v) is 7.30. The second-order valence-electron chi connectivity index (χ2n) is 5.43. The number of anilines is 1. The number of carbonyl (C=O) groups is 1. The van der Waals surface area contributed by atoms with Gasteiger partial charge in [0.2, 0.25) is 0 Å². The molecule has 4 rings (SSSR count). The number of nitrogens with one attached hydrogen (secondary N) is 1. The molecule has 3 aromatic rings. The Balaban J connectivity index is 1.81. The lowest BCUT2D eigenvalue weighted by Gasteiger charge is -2.29. The lowest BCUT2D eigenvalue weighted by molar-refractivity contribution is 0.0986. The molecule has 0 spiro atoms. The zero-order valence-corrected chi connectivity index (χ0v) is 11.7. The summed E-state index contributed by atoms with van der Waals surface area (Å²) in [6.07, 6.45) is 3.95. The number of carbonyl (C=O) groups excluding carboxylic acids is 1. The summed E-state index contributed by atoms with van der Waals surface area (Å²) in [6, 6.07) is 16.0. The molecule has 1 amide bonds. The molecule has 3 nitrogen and oxygen atoms in total. The molecule has 0 bridgehead atoms. The van der Waals surface area contributed by atoms with Gasteiger partial charge in [-0.25, -0.2) is 0 Å². The third-order valence-electron chi connectivity index (χ3n) is 4.18. The van der Waals surface area contributed by atoms with Crippen LogP contribution in [-0.2, 0) is 6.42 Å². The minimum atomic E-state index is 0.0901. The molecule has 0 aliphatic carbocycles. The van der Waals surface area contributed by atoms with Crippen LogP contribution in [0, 0.1) is 0 Å². The van der Waals surface area contributed by atoms with E-state index in [1.807, 2.05) is 53.6 Å². The lowest BCUT2D eigenvalue weighted by atomic mass is 10.00. The molecule has 21 heavy (non-hydrogen) atoms. The van der Waals surface area contributed by atoms with Crippen molar-refractivity contribution in [2.75, 3.05) is 11.4 Å². The number of aromatic amines is 1. The van der Waals surface area contributed by atoms with Crippen LogP contribution < -0.4 is 4.90 Å². The van der Waals surface area contributed by atoms with Crippen molar-refractivity contribution < 1.29 is 4.79 Å². The molecule has 1 N–H and O–H groups in total. The molecule has 104 valence electrons. The number of nitrogens with zero attached hydrogens (tertiary/aromatic N) is 1. The number of hydrogen-bond donors (Lipinski definition) is 1. The van der Waals surface area contributed by atoms with E-state index in [0.717, 1.165) is 41.5 Å². The van der Waals surface area contributed by atoms with Gasteiger partial charge in [0.05, 0.1) is 0 Å². The Hall–Kier alpha value is -2.55. The third kappa shape index (κ3) is 1.93. The molecular formula is C18H16N2O. The zero-order valence-electron chi connectivity index (χ0n) is 11.7. The van der Waals surface area contributed by atoms with Gasteiger partial charge in [0.25, 0.3) is 5.91 Å². The van der Waals surface area contributed by atoms with Crippen LogP contribution in [0.2, 0.25) is 0 Å². The van der Waals surface area contributed by atoms with Crippen LogP contribution in [0.3, 0.4) is 0 Å². The van der Waals surface area contributed by atoms with Gasteiger partial charge >= 0.3 is 0 Å². The summed E-state index contributed by atoms with van der Waals surface area (Å²) in [7, 11) is 0.